The molecule has 5 nitrogen and oxygen atoms in total. The third-order valence-corrected chi connectivity index (χ3v) is 3.55. The first kappa shape index (κ1) is 13.7. The summed E-state index contributed by atoms with van der Waals surface area (Å²) in [5, 5.41) is 20.3. The summed E-state index contributed by atoms with van der Waals surface area (Å²) in [4.78, 5) is 12.1. The van der Waals surface area contributed by atoms with Gasteiger partial charge in [0, 0.05) is 17.5 Å². The van der Waals surface area contributed by atoms with Crippen LogP contribution in [-0.2, 0) is 0 Å². The van der Waals surface area contributed by atoms with E-state index in [9.17, 15) is 15.0 Å². The SMILES string of the molecule is COc1cc(O)c2c(c1C)OC(O)(C(C)C)CC2=O. The van der Waals surface area contributed by atoms with Gasteiger partial charge in [-0.1, -0.05) is 13.8 Å². The number of ether oxygens (including phenoxy) is 2. The number of aromatic hydroxyl groups is 1. The molecule has 0 radical (unpaired) electrons. The number of hydrogen-bond donors (Lipinski definition) is 2. The van der Waals surface area contributed by atoms with Gasteiger partial charge < -0.3 is 19.7 Å². The number of carbonyl (C=O) groups is 1. The Bertz CT molecular complexity index is 535. The molecule has 2 N–H and O–H groups in total. The highest BCUT2D eigenvalue weighted by molar-refractivity contribution is 6.03. The van der Waals surface area contributed by atoms with Gasteiger partial charge >= 0.3 is 0 Å². The van der Waals surface area contributed by atoms with Crippen LogP contribution in [0.3, 0.4) is 0 Å². The first-order valence-corrected chi connectivity index (χ1v) is 6.15. The Morgan fingerprint density at radius 1 is 1.47 bits per heavy atom. The lowest BCUT2D eigenvalue weighted by molar-refractivity contribution is -0.171. The molecule has 0 saturated heterocycles. The molecule has 0 spiro atoms. The predicted octanol–water partition coefficient (Wildman–Crippen LogP) is 2.02. The minimum absolute atomic E-state index is 0.114. The topological polar surface area (TPSA) is 76.0 Å². The van der Waals surface area contributed by atoms with Gasteiger partial charge in [-0.3, -0.25) is 4.79 Å². The number of carbonyl (C=O) groups excluding carboxylic acids is 1. The minimum Gasteiger partial charge on any atom is -0.507 e. The third-order valence-electron chi connectivity index (χ3n) is 3.55. The van der Waals surface area contributed by atoms with Gasteiger partial charge in [-0.05, 0) is 6.92 Å². The maximum Gasteiger partial charge on any atom is 0.217 e. The average molecular weight is 266 g/mol. The highest BCUT2D eigenvalue weighted by Crippen LogP contribution is 2.45. The number of Topliss-reactive ketones (excluding diaryl/α,β-unsaturated/α-hetero) is 1. The van der Waals surface area contributed by atoms with E-state index in [1.54, 1.807) is 20.8 Å². The van der Waals surface area contributed by atoms with Gasteiger partial charge in [0.2, 0.25) is 5.79 Å². The Hall–Kier alpha value is -1.75. The number of ketones is 1. The molecule has 0 aromatic heterocycles. The first-order valence-electron chi connectivity index (χ1n) is 6.15. The van der Waals surface area contributed by atoms with E-state index in [1.165, 1.54) is 13.2 Å². The molecule has 0 aliphatic carbocycles. The molecule has 1 heterocycles. The largest absolute Gasteiger partial charge is 0.507 e. The summed E-state index contributed by atoms with van der Waals surface area (Å²) < 4.78 is 10.7. The van der Waals surface area contributed by atoms with Crippen LogP contribution < -0.4 is 9.47 Å². The normalized spacial score (nSPS) is 22.1. The lowest BCUT2D eigenvalue weighted by Gasteiger charge is -2.37. The number of rotatable bonds is 2. The predicted molar refractivity (Wildman–Crippen MR) is 68.8 cm³/mol. The number of phenols is 1. The molecule has 5 heteroatoms. The van der Waals surface area contributed by atoms with Crippen LogP contribution in [0.5, 0.6) is 17.2 Å². The van der Waals surface area contributed by atoms with Crippen molar-refractivity contribution in [3.05, 3.63) is 17.2 Å². The fourth-order valence-electron chi connectivity index (χ4n) is 2.18. The quantitative estimate of drug-likeness (QED) is 0.856. The fourth-order valence-corrected chi connectivity index (χ4v) is 2.18. The van der Waals surface area contributed by atoms with Gasteiger partial charge in [0.15, 0.2) is 5.78 Å². The summed E-state index contributed by atoms with van der Waals surface area (Å²) in [6, 6.07) is 1.38. The molecular formula is C14H18O5. The molecule has 1 aromatic rings. The maximum atomic E-state index is 12.1. The van der Waals surface area contributed by atoms with Gasteiger partial charge in [0.25, 0.3) is 0 Å². The molecule has 0 fully saturated rings. The highest BCUT2D eigenvalue weighted by Gasteiger charge is 2.43. The van der Waals surface area contributed by atoms with Crippen molar-refractivity contribution in [2.24, 2.45) is 5.92 Å². The van der Waals surface area contributed by atoms with Crippen molar-refractivity contribution in [3.63, 3.8) is 0 Å². The number of methoxy groups -OCH3 is 1. The fraction of sp³-hybridized carbons (Fsp3) is 0.500. The van der Waals surface area contributed by atoms with Crippen LogP contribution in [0.25, 0.3) is 0 Å². The molecular weight excluding hydrogens is 248 g/mol. The zero-order chi connectivity index (χ0) is 14.4. The van der Waals surface area contributed by atoms with Crippen LogP contribution in [0.4, 0.5) is 0 Å². The van der Waals surface area contributed by atoms with Gasteiger partial charge in [0.05, 0.1) is 13.5 Å². The van der Waals surface area contributed by atoms with Crippen LogP contribution in [0.1, 0.15) is 36.2 Å². The van der Waals surface area contributed by atoms with Crippen molar-refractivity contribution in [3.8, 4) is 17.2 Å². The highest BCUT2D eigenvalue weighted by atomic mass is 16.6. The number of benzene rings is 1. The summed E-state index contributed by atoms with van der Waals surface area (Å²) in [5.74, 6) is -1.71. The second-order valence-corrected chi connectivity index (χ2v) is 5.13. The van der Waals surface area contributed by atoms with E-state index in [-0.39, 0.29) is 35.2 Å². The Morgan fingerprint density at radius 3 is 2.63 bits per heavy atom. The Kier molecular flexibility index (Phi) is 3.18. The molecule has 1 aliphatic rings. The lowest BCUT2D eigenvalue weighted by atomic mass is 9.89. The molecule has 2 rings (SSSR count). The van der Waals surface area contributed by atoms with Crippen molar-refractivity contribution >= 4 is 5.78 Å². The van der Waals surface area contributed by atoms with Crippen LogP contribution in [-0.4, -0.2) is 28.9 Å². The summed E-state index contributed by atoms with van der Waals surface area (Å²) >= 11 is 0. The molecule has 1 atom stereocenters. The molecule has 1 aromatic carbocycles. The molecule has 104 valence electrons. The monoisotopic (exact) mass is 266 g/mol. The summed E-state index contributed by atoms with van der Waals surface area (Å²) in [7, 11) is 1.47. The van der Waals surface area contributed by atoms with Crippen LogP contribution in [0, 0.1) is 12.8 Å². The smallest absolute Gasteiger partial charge is 0.217 e. The zero-order valence-electron chi connectivity index (χ0n) is 11.5. The first-order chi connectivity index (χ1) is 8.80. The number of fused-ring (bicyclic) bond motifs is 1. The van der Waals surface area contributed by atoms with E-state index in [0.29, 0.717) is 11.3 Å². The van der Waals surface area contributed by atoms with Gasteiger partial charge in [-0.15, -0.1) is 0 Å². The minimum atomic E-state index is -1.55. The van der Waals surface area contributed by atoms with E-state index in [1.807, 2.05) is 0 Å². The van der Waals surface area contributed by atoms with E-state index in [4.69, 9.17) is 9.47 Å². The molecule has 19 heavy (non-hydrogen) atoms. The van der Waals surface area contributed by atoms with E-state index >= 15 is 0 Å². The van der Waals surface area contributed by atoms with Crippen LogP contribution >= 0.6 is 0 Å². The van der Waals surface area contributed by atoms with Crippen molar-refractivity contribution in [1.82, 2.24) is 0 Å². The zero-order valence-corrected chi connectivity index (χ0v) is 11.5. The Labute approximate surface area is 111 Å². The summed E-state index contributed by atoms with van der Waals surface area (Å²) in [6.45, 7) is 5.26. The Balaban J connectivity index is 2.63. The molecule has 0 saturated carbocycles. The number of hydrogen-bond acceptors (Lipinski definition) is 5. The van der Waals surface area contributed by atoms with Gasteiger partial charge in [0.1, 0.15) is 22.8 Å². The summed E-state index contributed by atoms with van der Waals surface area (Å²) in [6.07, 6.45) is -0.170. The molecule has 0 bridgehead atoms. The molecule has 0 amide bonds. The third kappa shape index (κ3) is 2.04. The Morgan fingerprint density at radius 2 is 2.11 bits per heavy atom. The summed E-state index contributed by atoms with van der Waals surface area (Å²) in [5.41, 5.74) is 0.700. The second kappa shape index (κ2) is 4.42. The van der Waals surface area contributed by atoms with E-state index < -0.39 is 5.79 Å². The maximum absolute atomic E-state index is 12.1. The number of aliphatic hydroxyl groups is 1. The van der Waals surface area contributed by atoms with E-state index in [2.05, 4.69) is 0 Å². The van der Waals surface area contributed by atoms with Gasteiger partial charge in [-0.25, -0.2) is 0 Å². The second-order valence-electron chi connectivity index (χ2n) is 5.13. The van der Waals surface area contributed by atoms with Gasteiger partial charge in [-0.2, -0.15) is 0 Å². The van der Waals surface area contributed by atoms with Crippen molar-refractivity contribution in [1.29, 1.82) is 0 Å². The van der Waals surface area contributed by atoms with Crippen molar-refractivity contribution < 1.29 is 24.5 Å². The van der Waals surface area contributed by atoms with Crippen molar-refractivity contribution in [2.75, 3.05) is 7.11 Å². The average Bonchev–Trinajstić information content (AvgIpc) is 2.32. The molecule has 1 aliphatic heterocycles. The standard InChI is InChI=1S/C14H18O5/c1-7(2)14(17)6-10(16)12-9(15)5-11(18-4)8(3)13(12)19-14/h5,7,15,17H,6H2,1-4H3. The lowest BCUT2D eigenvalue weighted by Crippen LogP contribution is -2.46. The van der Waals surface area contributed by atoms with Crippen LogP contribution in [0.15, 0.2) is 6.07 Å². The van der Waals surface area contributed by atoms with Crippen LogP contribution in [0.2, 0.25) is 0 Å². The van der Waals surface area contributed by atoms with E-state index in [0.717, 1.165) is 0 Å². The molecule has 1 unspecified atom stereocenters. The number of phenolic OH excluding ortho intramolecular Hbond substituents is 1. The van der Waals surface area contributed by atoms with Crippen molar-refractivity contribution in [2.45, 2.75) is 33.0 Å².